The van der Waals surface area contributed by atoms with Gasteiger partial charge in [-0.3, -0.25) is 14.5 Å². The van der Waals surface area contributed by atoms with Crippen molar-refractivity contribution in [1.29, 1.82) is 0 Å². The zero-order valence-electron chi connectivity index (χ0n) is 9.59. The summed E-state index contributed by atoms with van der Waals surface area (Å²) in [6, 6.07) is 1.41. The maximum atomic E-state index is 11.8. The van der Waals surface area contributed by atoms with Gasteiger partial charge in [-0.15, -0.1) is 0 Å². The van der Waals surface area contributed by atoms with E-state index in [2.05, 4.69) is 9.97 Å². The SMILES string of the molecule is CC(=O)SC1CC(=O)N(c2nc(N)cc(Cl)n2)C1. The fourth-order valence-electron chi connectivity index (χ4n) is 1.73. The minimum absolute atomic E-state index is 0.0128. The van der Waals surface area contributed by atoms with Gasteiger partial charge in [0.25, 0.3) is 0 Å². The topological polar surface area (TPSA) is 89.2 Å². The molecule has 0 bridgehead atoms. The van der Waals surface area contributed by atoms with Crippen molar-refractivity contribution in [2.75, 3.05) is 17.2 Å². The van der Waals surface area contributed by atoms with Gasteiger partial charge >= 0.3 is 0 Å². The lowest BCUT2D eigenvalue weighted by atomic mass is 10.4. The van der Waals surface area contributed by atoms with Crippen LogP contribution in [0.4, 0.5) is 11.8 Å². The largest absolute Gasteiger partial charge is 0.383 e. The predicted molar refractivity (Wildman–Crippen MR) is 70.5 cm³/mol. The van der Waals surface area contributed by atoms with Crippen molar-refractivity contribution in [3.63, 3.8) is 0 Å². The van der Waals surface area contributed by atoms with Crippen molar-refractivity contribution in [2.24, 2.45) is 0 Å². The van der Waals surface area contributed by atoms with E-state index in [1.54, 1.807) is 0 Å². The van der Waals surface area contributed by atoms with Crippen LogP contribution >= 0.6 is 23.4 Å². The molecule has 0 aromatic carbocycles. The molecular formula is C10H11ClN4O2S. The number of hydrogen-bond acceptors (Lipinski definition) is 6. The van der Waals surface area contributed by atoms with E-state index < -0.39 is 0 Å². The molecule has 2 N–H and O–H groups in total. The minimum Gasteiger partial charge on any atom is -0.383 e. The summed E-state index contributed by atoms with van der Waals surface area (Å²) in [4.78, 5) is 32.2. The molecule has 1 amide bonds. The predicted octanol–water partition coefficient (Wildman–Crippen LogP) is 1.10. The Morgan fingerprint density at radius 1 is 1.61 bits per heavy atom. The maximum Gasteiger partial charge on any atom is 0.235 e. The van der Waals surface area contributed by atoms with Crippen LogP contribution in [0.5, 0.6) is 0 Å². The highest BCUT2D eigenvalue weighted by Gasteiger charge is 2.33. The molecule has 2 heterocycles. The Morgan fingerprint density at radius 3 is 2.94 bits per heavy atom. The highest BCUT2D eigenvalue weighted by atomic mass is 35.5. The fraction of sp³-hybridized carbons (Fsp3) is 0.400. The van der Waals surface area contributed by atoms with Gasteiger partial charge in [0.1, 0.15) is 11.0 Å². The van der Waals surface area contributed by atoms with Gasteiger partial charge in [-0.25, -0.2) is 4.98 Å². The van der Waals surface area contributed by atoms with Gasteiger partial charge in [0.2, 0.25) is 11.9 Å². The van der Waals surface area contributed by atoms with Crippen molar-refractivity contribution >= 4 is 46.2 Å². The Bertz CT molecular complexity index is 490. The molecule has 0 aliphatic carbocycles. The lowest BCUT2D eigenvalue weighted by Crippen LogP contribution is -2.27. The number of hydrogen-bond donors (Lipinski definition) is 1. The van der Waals surface area contributed by atoms with Crippen molar-refractivity contribution in [3.8, 4) is 0 Å². The lowest BCUT2D eigenvalue weighted by Gasteiger charge is -2.14. The van der Waals surface area contributed by atoms with Crippen molar-refractivity contribution < 1.29 is 9.59 Å². The van der Waals surface area contributed by atoms with Crippen LogP contribution in [0.15, 0.2) is 6.07 Å². The molecule has 2 rings (SSSR count). The Balaban J connectivity index is 2.18. The second kappa shape index (κ2) is 5.11. The average Bonchev–Trinajstić information content (AvgIpc) is 2.56. The van der Waals surface area contributed by atoms with Crippen molar-refractivity contribution in [3.05, 3.63) is 11.2 Å². The molecule has 1 atom stereocenters. The first-order chi connectivity index (χ1) is 8.45. The number of thioether (sulfide) groups is 1. The zero-order valence-corrected chi connectivity index (χ0v) is 11.2. The molecule has 96 valence electrons. The quantitative estimate of drug-likeness (QED) is 0.819. The summed E-state index contributed by atoms with van der Waals surface area (Å²) in [5, 5.41) is 0.105. The molecule has 0 radical (unpaired) electrons. The molecule has 1 saturated heterocycles. The molecule has 8 heteroatoms. The molecule has 6 nitrogen and oxygen atoms in total. The van der Waals surface area contributed by atoms with Crippen molar-refractivity contribution in [2.45, 2.75) is 18.6 Å². The first-order valence-electron chi connectivity index (χ1n) is 5.23. The van der Waals surface area contributed by atoms with E-state index in [9.17, 15) is 9.59 Å². The number of carbonyl (C=O) groups is 2. The molecule has 1 aromatic rings. The van der Waals surface area contributed by atoms with Crippen LogP contribution in [-0.4, -0.2) is 32.8 Å². The molecule has 1 unspecified atom stereocenters. The summed E-state index contributed by atoms with van der Waals surface area (Å²) in [5.41, 5.74) is 5.56. The van der Waals surface area contributed by atoms with E-state index in [0.29, 0.717) is 13.0 Å². The normalized spacial score (nSPS) is 19.3. The molecular weight excluding hydrogens is 276 g/mol. The van der Waals surface area contributed by atoms with E-state index in [1.807, 2.05) is 0 Å². The van der Waals surface area contributed by atoms with Gasteiger partial charge in [-0.1, -0.05) is 23.4 Å². The van der Waals surface area contributed by atoms with Gasteiger partial charge in [0.15, 0.2) is 5.12 Å². The Labute approximate surface area is 113 Å². The Morgan fingerprint density at radius 2 is 2.33 bits per heavy atom. The van der Waals surface area contributed by atoms with Crippen LogP contribution in [0, 0.1) is 0 Å². The zero-order chi connectivity index (χ0) is 13.3. The number of nitrogens with two attached hydrogens (primary N) is 1. The van der Waals surface area contributed by atoms with Crippen LogP contribution in [0.25, 0.3) is 0 Å². The maximum absolute atomic E-state index is 11.8. The third-order valence-electron chi connectivity index (χ3n) is 2.37. The third-order valence-corrected chi connectivity index (χ3v) is 3.54. The highest BCUT2D eigenvalue weighted by molar-refractivity contribution is 8.14. The summed E-state index contributed by atoms with van der Waals surface area (Å²) in [6.45, 7) is 1.87. The molecule has 0 spiro atoms. The minimum atomic E-state index is -0.129. The number of halogens is 1. The molecule has 0 saturated carbocycles. The molecule has 1 fully saturated rings. The number of carbonyl (C=O) groups excluding carboxylic acids is 2. The smallest absolute Gasteiger partial charge is 0.235 e. The van der Waals surface area contributed by atoms with Gasteiger partial charge in [-0.05, 0) is 0 Å². The van der Waals surface area contributed by atoms with E-state index >= 15 is 0 Å². The second-order valence-electron chi connectivity index (χ2n) is 3.86. The van der Waals surface area contributed by atoms with E-state index in [4.69, 9.17) is 17.3 Å². The summed E-state index contributed by atoms with van der Waals surface area (Å²) in [5.74, 6) is 0.271. The van der Waals surface area contributed by atoms with Crippen LogP contribution in [0.2, 0.25) is 5.15 Å². The average molecular weight is 287 g/mol. The third kappa shape index (κ3) is 2.91. The van der Waals surface area contributed by atoms with Crippen LogP contribution < -0.4 is 10.6 Å². The Hall–Kier alpha value is -1.34. The molecule has 1 aromatic heterocycles. The number of aromatic nitrogens is 2. The molecule has 1 aliphatic heterocycles. The number of rotatable bonds is 2. The first-order valence-corrected chi connectivity index (χ1v) is 6.49. The number of nitrogens with zero attached hydrogens (tertiary/aromatic N) is 3. The van der Waals surface area contributed by atoms with Crippen LogP contribution in [0.3, 0.4) is 0 Å². The van der Waals surface area contributed by atoms with Crippen LogP contribution in [0.1, 0.15) is 13.3 Å². The van der Waals surface area contributed by atoms with Gasteiger partial charge in [0, 0.05) is 31.2 Å². The second-order valence-corrected chi connectivity index (χ2v) is 5.72. The summed E-state index contributed by atoms with van der Waals surface area (Å²) >= 11 is 6.92. The fourth-order valence-corrected chi connectivity index (χ4v) is 2.83. The highest BCUT2D eigenvalue weighted by Crippen LogP contribution is 2.27. The van der Waals surface area contributed by atoms with E-state index in [0.717, 1.165) is 11.8 Å². The number of nitrogen functional groups attached to an aromatic ring is 1. The molecule has 1 aliphatic rings. The Kier molecular flexibility index (Phi) is 3.72. The van der Waals surface area contributed by atoms with Gasteiger partial charge in [0.05, 0.1) is 0 Å². The monoisotopic (exact) mass is 286 g/mol. The van der Waals surface area contributed by atoms with E-state index in [-0.39, 0.29) is 33.2 Å². The van der Waals surface area contributed by atoms with Gasteiger partial charge < -0.3 is 5.73 Å². The van der Waals surface area contributed by atoms with Crippen molar-refractivity contribution in [1.82, 2.24) is 9.97 Å². The molecule has 18 heavy (non-hydrogen) atoms. The summed E-state index contributed by atoms with van der Waals surface area (Å²) < 4.78 is 0. The summed E-state index contributed by atoms with van der Waals surface area (Å²) in [7, 11) is 0. The first kappa shape index (κ1) is 13.1. The summed E-state index contributed by atoms with van der Waals surface area (Å²) in [6.07, 6.45) is 0.292. The van der Waals surface area contributed by atoms with Gasteiger partial charge in [-0.2, -0.15) is 4.98 Å². The standard InChI is InChI=1S/C10H11ClN4O2S/c1-5(16)18-6-2-9(17)15(4-6)10-13-7(11)3-8(12)14-10/h3,6H,2,4H2,1H3,(H2,12,13,14). The lowest BCUT2D eigenvalue weighted by molar-refractivity contribution is -0.117. The van der Waals surface area contributed by atoms with E-state index in [1.165, 1.54) is 17.9 Å². The number of amides is 1. The van der Waals surface area contributed by atoms with Crippen LogP contribution in [-0.2, 0) is 9.59 Å². The number of anilines is 2.